The minimum Gasteiger partial charge on any atom is -0.396 e. The predicted molar refractivity (Wildman–Crippen MR) is 46.3 cm³/mol. The van der Waals surface area contributed by atoms with Crippen molar-refractivity contribution < 1.29 is 8.83 Å². The number of hydrogen-bond acceptors (Lipinski definition) is 3. The Morgan fingerprint density at radius 3 is 2.46 bits per heavy atom. The van der Waals surface area contributed by atoms with Gasteiger partial charge in [0.15, 0.2) is 11.5 Å². The molecule has 1 aromatic heterocycles. The molecule has 0 atom stereocenters. The molecule has 0 saturated carbocycles. The number of hydrogen-bond donors (Lipinski definition) is 0. The van der Waals surface area contributed by atoms with Crippen LogP contribution in [0.15, 0.2) is 37.9 Å². The highest BCUT2D eigenvalue weighted by molar-refractivity contribution is 5.57. The molecule has 0 bridgehead atoms. The van der Waals surface area contributed by atoms with Gasteiger partial charge < -0.3 is 8.83 Å². The van der Waals surface area contributed by atoms with Gasteiger partial charge in [0.1, 0.15) is 0 Å². The maximum absolute atomic E-state index is 10.7. The van der Waals surface area contributed by atoms with E-state index < -0.39 is 5.82 Å². The average molecular weight is 175 g/mol. The highest BCUT2D eigenvalue weighted by Crippen LogP contribution is 2.20. The van der Waals surface area contributed by atoms with Gasteiger partial charge in [-0.15, -0.1) is 0 Å². The van der Waals surface area contributed by atoms with Crippen molar-refractivity contribution in [2.45, 2.75) is 6.92 Å². The molecule has 0 aliphatic heterocycles. The van der Waals surface area contributed by atoms with Crippen molar-refractivity contribution in [2.24, 2.45) is 0 Å². The lowest BCUT2D eigenvalue weighted by molar-refractivity contribution is 0.381. The second kappa shape index (κ2) is 2.94. The van der Waals surface area contributed by atoms with E-state index in [2.05, 4.69) is 6.07 Å². The molecule has 2 rings (SSSR count). The van der Waals surface area contributed by atoms with E-state index in [0.717, 1.165) is 5.56 Å². The van der Waals surface area contributed by atoms with Crippen LogP contribution >= 0.6 is 0 Å². The lowest BCUT2D eigenvalue weighted by Crippen LogP contribution is -1.85. The molecular weight excluding hydrogens is 168 g/mol. The second-order valence-corrected chi connectivity index (χ2v) is 2.63. The first-order chi connectivity index (χ1) is 6.27. The Hall–Kier alpha value is -1.77. The van der Waals surface area contributed by atoms with Crippen LogP contribution in [0.4, 0.5) is 0 Å². The van der Waals surface area contributed by atoms with Gasteiger partial charge >= 0.3 is 5.82 Å². The normalized spacial score (nSPS) is 10.2. The summed E-state index contributed by atoms with van der Waals surface area (Å²) >= 11 is 0. The average Bonchev–Trinajstić information content (AvgIpc) is 2.47. The summed E-state index contributed by atoms with van der Waals surface area (Å²) in [7, 11) is 0. The third kappa shape index (κ3) is 1.40. The fraction of sp³-hybridized carbons (Fsp3) is 0.100. The summed E-state index contributed by atoms with van der Waals surface area (Å²) in [5.41, 5.74) is 0.821. The molecule has 0 aliphatic carbocycles. The standard InChI is InChI=1S/C10H7O3/c1-7-9(13-10(11)12-7)8-5-3-2-4-6-8/h3-6H,1H3. The first-order valence-corrected chi connectivity index (χ1v) is 3.84. The molecule has 2 aromatic rings. The van der Waals surface area contributed by atoms with Gasteiger partial charge in [0.25, 0.3) is 0 Å². The van der Waals surface area contributed by atoms with Gasteiger partial charge in [0.05, 0.1) is 0 Å². The molecule has 0 fully saturated rings. The summed E-state index contributed by atoms with van der Waals surface area (Å²) in [6.45, 7) is 1.69. The molecule has 0 aliphatic rings. The summed E-state index contributed by atoms with van der Waals surface area (Å²) in [5.74, 6) is 0.315. The van der Waals surface area contributed by atoms with Crippen molar-refractivity contribution in [1.29, 1.82) is 0 Å². The van der Waals surface area contributed by atoms with Crippen LogP contribution in [-0.2, 0) is 0 Å². The predicted octanol–water partition coefficient (Wildman–Crippen LogP) is 2.01. The van der Waals surface area contributed by atoms with Crippen LogP contribution in [-0.4, -0.2) is 0 Å². The van der Waals surface area contributed by atoms with E-state index in [1.807, 2.05) is 0 Å². The Bertz CT molecular complexity index is 451. The zero-order chi connectivity index (χ0) is 9.26. The molecule has 0 unspecified atom stereocenters. The molecule has 65 valence electrons. The van der Waals surface area contributed by atoms with Crippen molar-refractivity contribution in [3.05, 3.63) is 46.7 Å². The van der Waals surface area contributed by atoms with Gasteiger partial charge in [0, 0.05) is 5.56 Å². The van der Waals surface area contributed by atoms with Gasteiger partial charge in [0.2, 0.25) is 0 Å². The van der Waals surface area contributed by atoms with E-state index in [1.165, 1.54) is 0 Å². The largest absolute Gasteiger partial charge is 0.519 e. The van der Waals surface area contributed by atoms with Gasteiger partial charge in [-0.25, -0.2) is 4.79 Å². The first kappa shape index (κ1) is 7.86. The zero-order valence-electron chi connectivity index (χ0n) is 7.03. The first-order valence-electron chi connectivity index (χ1n) is 3.84. The monoisotopic (exact) mass is 175 g/mol. The maximum Gasteiger partial charge on any atom is 0.519 e. The summed E-state index contributed by atoms with van der Waals surface area (Å²) in [6, 6.07) is 9.99. The highest BCUT2D eigenvalue weighted by atomic mass is 16.6. The van der Waals surface area contributed by atoms with Crippen LogP contribution in [0.1, 0.15) is 5.76 Å². The number of aryl methyl sites for hydroxylation is 1. The Morgan fingerprint density at radius 1 is 1.23 bits per heavy atom. The van der Waals surface area contributed by atoms with Crippen LogP contribution in [0.3, 0.4) is 0 Å². The molecular formula is C10H7O3. The van der Waals surface area contributed by atoms with Crippen LogP contribution in [0.5, 0.6) is 0 Å². The van der Waals surface area contributed by atoms with Crippen LogP contribution in [0, 0.1) is 13.0 Å². The van der Waals surface area contributed by atoms with E-state index in [0.29, 0.717) is 11.5 Å². The van der Waals surface area contributed by atoms with Crippen molar-refractivity contribution >= 4 is 0 Å². The molecule has 0 N–H and O–H groups in total. The fourth-order valence-electron chi connectivity index (χ4n) is 1.15. The topological polar surface area (TPSA) is 43.4 Å². The minimum absolute atomic E-state index is 0.485. The van der Waals surface area contributed by atoms with Crippen LogP contribution in [0.2, 0.25) is 0 Å². The quantitative estimate of drug-likeness (QED) is 0.665. The fourth-order valence-corrected chi connectivity index (χ4v) is 1.15. The molecule has 0 spiro atoms. The van der Waals surface area contributed by atoms with Crippen LogP contribution in [0.25, 0.3) is 11.3 Å². The van der Waals surface area contributed by atoms with Crippen molar-refractivity contribution in [1.82, 2.24) is 0 Å². The van der Waals surface area contributed by atoms with E-state index in [-0.39, 0.29) is 0 Å². The van der Waals surface area contributed by atoms with Crippen molar-refractivity contribution in [3.8, 4) is 11.3 Å². The highest BCUT2D eigenvalue weighted by Gasteiger charge is 2.09. The molecule has 1 aromatic carbocycles. The minimum atomic E-state index is -0.666. The third-order valence-corrected chi connectivity index (χ3v) is 1.72. The molecule has 13 heavy (non-hydrogen) atoms. The SMILES string of the molecule is Cc1oc(=O)oc1-c1cc[c]cc1. The summed E-state index contributed by atoms with van der Waals surface area (Å²) in [5, 5.41) is 0. The molecule has 0 saturated heterocycles. The summed E-state index contributed by atoms with van der Waals surface area (Å²) in [4.78, 5) is 10.7. The van der Waals surface area contributed by atoms with Crippen molar-refractivity contribution in [2.75, 3.05) is 0 Å². The van der Waals surface area contributed by atoms with E-state index >= 15 is 0 Å². The molecule has 3 heteroatoms. The van der Waals surface area contributed by atoms with E-state index in [1.54, 1.807) is 31.2 Å². The smallest absolute Gasteiger partial charge is 0.396 e. The molecule has 3 nitrogen and oxygen atoms in total. The maximum atomic E-state index is 10.7. The number of benzene rings is 1. The van der Waals surface area contributed by atoms with Crippen LogP contribution < -0.4 is 5.82 Å². The van der Waals surface area contributed by atoms with Gasteiger partial charge in [-0.05, 0) is 13.0 Å². The van der Waals surface area contributed by atoms with E-state index in [4.69, 9.17) is 8.83 Å². The summed E-state index contributed by atoms with van der Waals surface area (Å²) < 4.78 is 9.60. The van der Waals surface area contributed by atoms with Gasteiger partial charge in [-0.1, -0.05) is 24.3 Å². The molecule has 1 heterocycles. The summed E-state index contributed by atoms with van der Waals surface area (Å²) in [6.07, 6.45) is 0. The Balaban J connectivity index is 2.59. The van der Waals surface area contributed by atoms with Gasteiger partial charge in [-0.3, -0.25) is 0 Å². The lowest BCUT2D eigenvalue weighted by atomic mass is 10.1. The Labute approximate surface area is 74.6 Å². The molecule has 0 amide bonds. The van der Waals surface area contributed by atoms with E-state index in [9.17, 15) is 4.79 Å². The zero-order valence-corrected chi connectivity index (χ0v) is 7.03. The molecule has 1 radical (unpaired) electrons. The third-order valence-electron chi connectivity index (χ3n) is 1.72. The number of rotatable bonds is 1. The van der Waals surface area contributed by atoms with Crippen molar-refractivity contribution in [3.63, 3.8) is 0 Å². The Kier molecular flexibility index (Phi) is 1.77. The Morgan fingerprint density at radius 2 is 1.92 bits per heavy atom. The van der Waals surface area contributed by atoms with Gasteiger partial charge in [-0.2, -0.15) is 0 Å². The second-order valence-electron chi connectivity index (χ2n) is 2.63. The lowest BCUT2D eigenvalue weighted by Gasteiger charge is -1.93.